The Morgan fingerprint density at radius 1 is 2.00 bits per heavy atom. The third kappa shape index (κ3) is 1.32. The number of rotatable bonds is 1. The second kappa shape index (κ2) is 2.48. The summed E-state index contributed by atoms with van der Waals surface area (Å²) in [6.07, 6.45) is 0.131. The van der Waals surface area contributed by atoms with E-state index >= 15 is 0 Å². The van der Waals surface area contributed by atoms with Gasteiger partial charge in [0.25, 0.3) is 0 Å². The van der Waals surface area contributed by atoms with E-state index in [0.717, 1.165) is 4.79 Å². The minimum Gasteiger partial charge on any atom is -0.464 e. The van der Waals surface area contributed by atoms with E-state index in [9.17, 15) is 4.79 Å². The van der Waals surface area contributed by atoms with Gasteiger partial charge in [-0.05, 0) is 0 Å². The summed E-state index contributed by atoms with van der Waals surface area (Å²) >= 11 is 4.65. The SMILES string of the molecule is O=C(O)Nn1[nH]ncc1=S. The lowest BCUT2D eigenvalue weighted by molar-refractivity contribution is 0.205. The zero-order valence-electron chi connectivity index (χ0n) is 4.74. The van der Waals surface area contributed by atoms with E-state index in [1.807, 2.05) is 5.43 Å². The summed E-state index contributed by atoms with van der Waals surface area (Å²) in [6, 6.07) is 0. The van der Waals surface area contributed by atoms with Crippen LogP contribution in [-0.4, -0.2) is 26.3 Å². The molecular formula is C3H4N4O2S. The van der Waals surface area contributed by atoms with E-state index in [1.165, 1.54) is 6.20 Å². The lowest BCUT2D eigenvalue weighted by Gasteiger charge is -1.96. The first-order valence-corrected chi connectivity index (χ1v) is 2.73. The van der Waals surface area contributed by atoms with Gasteiger partial charge in [-0.25, -0.2) is 10.2 Å². The van der Waals surface area contributed by atoms with Crippen LogP contribution in [0.25, 0.3) is 0 Å². The van der Waals surface area contributed by atoms with Gasteiger partial charge >= 0.3 is 6.09 Å². The molecule has 0 bridgehead atoms. The number of aromatic nitrogens is 3. The van der Waals surface area contributed by atoms with Crippen molar-refractivity contribution < 1.29 is 9.90 Å². The van der Waals surface area contributed by atoms with Crippen molar-refractivity contribution in [3.8, 4) is 0 Å². The zero-order valence-corrected chi connectivity index (χ0v) is 5.55. The van der Waals surface area contributed by atoms with E-state index in [1.54, 1.807) is 0 Å². The number of amides is 1. The quantitative estimate of drug-likeness (QED) is 0.511. The molecule has 0 aromatic carbocycles. The molecule has 0 radical (unpaired) electrons. The van der Waals surface area contributed by atoms with Gasteiger partial charge < -0.3 is 5.11 Å². The molecule has 1 amide bonds. The molecule has 0 aliphatic carbocycles. The topological polar surface area (TPSA) is 82.9 Å². The van der Waals surface area contributed by atoms with Crippen molar-refractivity contribution in [3.05, 3.63) is 10.8 Å². The number of nitrogens with zero attached hydrogens (tertiary/aromatic N) is 2. The van der Waals surface area contributed by atoms with Crippen molar-refractivity contribution in [2.75, 3.05) is 5.43 Å². The maximum atomic E-state index is 9.99. The molecule has 0 atom stereocenters. The molecule has 0 saturated carbocycles. The molecule has 0 unspecified atom stereocenters. The Labute approximate surface area is 60.4 Å². The molecule has 3 N–H and O–H groups in total. The summed E-state index contributed by atoms with van der Waals surface area (Å²) in [6.45, 7) is 0. The van der Waals surface area contributed by atoms with Crippen molar-refractivity contribution in [3.63, 3.8) is 0 Å². The first-order valence-electron chi connectivity index (χ1n) is 2.32. The van der Waals surface area contributed by atoms with Crippen LogP contribution in [-0.2, 0) is 0 Å². The largest absolute Gasteiger partial charge is 0.464 e. The van der Waals surface area contributed by atoms with Gasteiger partial charge in [0.15, 0.2) is 4.64 Å². The average Bonchev–Trinajstić information content (AvgIpc) is 2.15. The van der Waals surface area contributed by atoms with Crippen molar-refractivity contribution in [1.82, 2.24) is 15.1 Å². The molecule has 1 aromatic rings. The van der Waals surface area contributed by atoms with Crippen molar-refractivity contribution >= 4 is 18.3 Å². The molecule has 54 valence electrons. The van der Waals surface area contributed by atoms with Gasteiger partial charge in [-0.3, -0.25) is 0 Å². The number of hydrogen-bond acceptors (Lipinski definition) is 3. The normalized spacial score (nSPS) is 9.20. The highest BCUT2D eigenvalue weighted by Crippen LogP contribution is 1.81. The van der Waals surface area contributed by atoms with Gasteiger partial charge in [0.05, 0.1) is 6.20 Å². The monoisotopic (exact) mass is 160 g/mol. The maximum absolute atomic E-state index is 9.99. The molecule has 1 rings (SSSR count). The van der Waals surface area contributed by atoms with Gasteiger partial charge in [0.1, 0.15) is 0 Å². The summed E-state index contributed by atoms with van der Waals surface area (Å²) in [7, 11) is 0. The van der Waals surface area contributed by atoms with E-state index in [4.69, 9.17) is 5.11 Å². The van der Waals surface area contributed by atoms with Crippen LogP contribution in [0.4, 0.5) is 4.79 Å². The van der Waals surface area contributed by atoms with Gasteiger partial charge in [-0.1, -0.05) is 12.2 Å². The molecule has 6 nitrogen and oxygen atoms in total. The number of carboxylic acid groups (broad SMARTS) is 1. The molecular weight excluding hydrogens is 156 g/mol. The van der Waals surface area contributed by atoms with E-state index in [0.29, 0.717) is 0 Å². The number of aromatic amines is 1. The van der Waals surface area contributed by atoms with Crippen LogP contribution in [0, 0.1) is 4.64 Å². The maximum Gasteiger partial charge on any atom is 0.425 e. The minimum atomic E-state index is -1.19. The number of nitrogens with one attached hydrogen (secondary N) is 2. The third-order valence-corrected chi connectivity index (χ3v) is 1.05. The Kier molecular flexibility index (Phi) is 1.67. The lowest BCUT2D eigenvalue weighted by Crippen LogP contribution is -2.21. The summed E-state index contributed by atoms with van der Waals surface area (Å²) in [5.41, 5.74) is 1.96. The molecule has 10 heavy (non-hydrogen) atoms. The summed E-state index contributed by atoms with van der Waals surface area (Å²) in [5, 5.41) is 14.0. The Bertz CT molecular complexity index is 289. The molecule has 0 spiro atoms. The molecule has 0 saturated heterocycles. The van der Waals surface area contributed by atoms with Gasteiger partial charge in [0.2, 0.25) is 0 Å². The van der Waals surface area contributed by atoms with Crippen LogP contribution < -0.4 is 5.43 Å². The fourth-order valence-corrected chi connectivity index (χ4v) is 0.564. The first kappa shape index (κ1) is 6.75. The van der Waals surface area contributed by atoms with E-state index < -0.39 is 6.09 Å². The molecule has 1 aromatic heterocycles. The Morgan fingerprint density at radius 2 is 2.70 bits per heavy atom. The van der Waals surface area contributed by atoms with Crippen LogP contribution in [0.5, 0.6) is 0 Å². The summed E-state index contributed by atoms with van der Waals surface area (Å²) in [5.74, 6) is 0. The third-order valence-electron chi connectivity index (χ3n) is 0.761. The Hall–Kier alpha value is -1.37. The average molecular weight is 160 g/mol. The van der Waals surface area contributed by atoms with Crippen molar-refractivity contribution in [2.45, 2.75) is 0 Å². The minimum absolute atomic E-state index is 0.280. The van der Waals surface area contributed by atoms with Crippen LogP contribution >= 0.6 is 12.2 Å². The smallest absolute Gasteiger partial charge is 0.425 e. The zero-order chi connectivity index (χ0) is 7.56. The molecule has 0 aliphatic heterocycles. The molecule has 0 fully saturated rings. The fourth-order valence-electron chi connectivity index (χ4n) is 0.425. The predicted molar refractivity (Wildman–Crippen MR) is 34.8 cm³/mol. The Morgan fingerprint density at radius 3 is 3.10 bits per heavy atom. The first-order chi connectivity index (χ1) is 4.70. The summed E-state index contributed by atoms with van der Waals surface area (Å²) < 4.78 is 0.280. The van der Waals surface area contributed by atoms with E-state index in [-0.39, 0.29) is 4.64 Å². The molecule has 7 heteroatoms. The van der Waals surface area contributed by atoms with Crippen molar-refractivity contribution in [1.29, 1.82) is 0 Å². The van der Waals surface area contributed by atoms with Gasteiger partial charge in [-0.2, -0.15) is 15.1 Å². The van der Waals surface area contributed by atoms with Crippen LogP contribution in [0.3, 0.4) is 0 Å². The standard InChI is InChI=1S/C3H4N4O2S/c8-3(9)5-7-2(10)1-4-6-7/h1,5-6H,(H,8,9). The number of H-pyrrole nitrogens is 1. The fraction of sp³-hybridized carbons (Fsp3) is 0. The highest BCUT2D eigenvalue weighted by Gasteiger charge is 1.95. The second-order valence-corrected chi connectivity index (χ2v) is 1.87. The number of hydrogen-bond donors (Lipinski definition) is 3. The van der Waals surface area contributed by atoms with Crippen LogP contribution in [0.2, 0.25) is 0 Å². The highest BCUT2D eigenvalue weighted by molar-refractivity contribution is 7.71. The van der Waals surface area contributed by atoms with Crippen LogP contribution in [0.15, 0.2) is 6.20 Å². The molecule has 0 aliphatic rings. The van der Waals surface area contributed by atoms with Crippen molar-refractivity contribution in [2.24, 2.45) is 0 Å². The predicted octanol–water partition coefficient (Wildman–Crippen LogP) is 0.162. The van der Waals surface area contributed by atoms with E-state index in [2.05, 4.69) is 22.5 Å². The molecule has 1 heterocycles. The number of carbonyl (C=O) groups is 1. The second-order valence-electron chi connectivity index (χ2n) is 1.45. The lowest BCUT2D eigenvalue weighted by atomic mass is 10.9. The van der Waals surface area contributed by atoms with Crippen LogP contribution in [0.1, 0.15) is 0 Å². The highest BCUT2D eigenvalue weighted by atomic mass is 32.1. The Balaban J connectivity index is 2.85. The van der Waals surface area contributed by atoms with Gasteiger partial charge in [-0.15, -0.1) is 0 Å². The van der Waals surface area contributed by atoms with Gasteiger partial charge in [0, 0.05) is 0 Å². The summed E-state index contributed by atoms with van der Waals surface area (Å²) in [4.78, 5) is 11.0.